The van der Waals surface area contributed by atoms with Gasteiger partial charge in [-0.05, 0) is 30.5 Å². The highest BCUT2D eigenvalue weighted by molar-refractivity contribution is 5.78. The quantitative estimate of drug-likeness (QED) is 0.679. The number of hydrogen-bond donors (Lipinski definition) is 1. The number of benzene rings is 2. The first-order chi connectivity index (χ1) is 11.1. The van der Waals surface area contributed by atoms with Crippen molar-refractivity contribution in [2.24, 2.45) is 0 Å². The maximum absolute atomic E-state index is 11.7. The van der Waals surface area contributed by atoms with E-state index in [0.717, 1.165) is 22.4 Å². The molecule has 116 valence electrons. The SMILES string of the molecule is CC1=C(c2ccccc2)C(c2ccccc2)C([N+](=O)[O-])=C(C)N1. The van der Waals surface area contributed by atoms with Crippen LogP contribution >= 0.6 is 0 Å². The Morgan fingerprint density at radius 2 is 1.48 bits per heavy atom. The Kier molecular flexibility index (Phi) is 3.98. The van der Waals surface area contributed by atoms with E-state index in [9.17, 15) is 10.1 Å². The lowest BCUT2D eigenvalue weighted by Gasteiger charge is -2.28. The number of nitro groups is 1. The van der Waals surface area contributed by atoms with Gasteiger partial charge in [0.2, 0.25) is 0 Å². The van der Waals surface area contributed by atoms with Gasteiger partial charge in [0.15, 0.2) is 0 Å². The molecule has 1 aliphatic rings. The summed E-state index contributed by atoms with van der Waals surface area (Å²) < 4.78 is 0. The number of nitrogens with zero attached hydrogens (tertiary/aromatic N) is 1. The van der Waals surface area contributed by atoms with E-state index in [2.05, 4.69) is 5.32 Å². The van der Waals surface area contributed by atoms with E-state index in [4.69, 9.17) is 0 Å². The van der Waals surface area contributed by atoms with Crippen molar-refractivity contribution in [1.29, 1.82) is 0 Å². The minimum absolute atomic E-state index is 0.209. The molecule has 1 N–H and O–H groups in total. The molecule has 1 heterocycles. The third-order valence-electron chi connectivity index (χ3n) is 4.14. The number of dihydropyridines is 1. The third-order valence-corrected chi connectivity index (χ3v) is 4.14. The molecule has 0 radical (unpaired) electrons. The molecule has 0 bridgehead atoms. The van der Waals surface area contributed by atoms with Crippen LogP contribution in [0.2, 0.25) is 0 Å². The maximum Gasteiger partial charge on any atom is 0.276 e. The predicted octanol–water partition coefficient (Wildman–Crippen LogP) is 4.31. The van der Waals surface area contributed by atoms with Gasteiger partial charge in [-0.2, -0.15) is 0 Å². The molecule has 1 aliphatic heterocycles. The molecule has 1 atom stereocenters. The van der Waals surface area contributed by atoms with Crippen LogP contribution in [0.5, 0.6) is 0 Å². The van der Waals surface area contributed by atoms with E-state index in [-0.39, 0.29) is 16.5 Å². The van der Waals surface area contributed by atoms with Crippen molar-refractivity contribution >= 4 is 5.57 Å². The van der Waals surface area contributed by atoms with E-state index >= 15 is 0 Å². The first kappa shape index (κ1) is 15.0. The van der Waals surface area contributed by atoms with Crippen LogP contribution in [-0.2, 0) is 0 Å². The van der Waals surface area contributed by atoms with Gasteiger partial charge in [0.25, 0.3) is 5.70 Å². The van der Waals surface area contributed by atoms with Gasteiger partial charge >= 0.3 is 0 Å². The average molecular weight is 306 g/mol. The Morgan fingerprint density at radius 3 is 2.04 bits per heavy atom. The van der Waals surface area contributed by atoms with Crippen LogP contribution in [0.3, 0.4) is 0 Å². The molecule has 3 rings (SSSR count). The lowest BCUT2D eigenvalue weighted by atomic mass is 9.81. The van der Waals surface area contributed by atoms with Crippen molar-refractivity contribution < 1.29 is 4.92 Å². The fourth-order valence-electron chi connectivity index (χ4n) is 3.20. The second kappa shape index (κ2) is 6.08. The topological polar surface area (TPSA) is 55.2 Å². The van der Waals surface area contributed by atoms with Gasteiger partial charge in [-0.1, -0.05) is 60.7 Å². The highest BCUT2D eigenvalue weighted by Gasteiger charge is 2.37. The number of rotatable bonds is 3. The van der Waals surface area contributed by atoms with Gasteiger partial charge in [-0.25, -0.2) is 0 Å². The summed E-state index contributed by atoms with van der Waals surface area (Å²) in [5.74, 6) is -0.380. The van der Waals surface area contributed by atoms with E-state index in [0.29, 0.717) is 5.70 Å². The summed E-state index contributed by atoms with van der Waals surface area (Å²) in [5.41, 5.74) is 4.64. The van der Waals surface area contributed by atoms with E-state index in [1.807, 2.05) is 67.6 Å². The molecule has 0 amide bonds. The van der Waals surface area contributed by atoms with Crippen molar-refractivity contribution in [1.82, 2.24) is 5.32 Å². The van der Waals surface area contributed by atoms with Crippen molar-refractivity contribution in [3.8, 4) is 0 Å². The van der Waals surface area contributed by atoms with Crippen molar-refractivity contribution in [3.63, 3.8) is 0 Å². The number of allylic oxidation sites excluding steroid dienone is 3. The Hall–Kier alpha value is -2.88. The van der Waals surface area contributed by atoms with Crippen molar-refractivity contribution in [2.75, 3.05) is 0 Å². The monoisotopic (exact) mass is 306 g/mol. The summed E-state index contributed by atoms with van der Waals surface area (Å²) in [5, 5.41) is 14.9. The zero-order chi connectivity index (χ0) is 16.4. The molecule has 0 saturated heterocycles. The summed E-state index contributed by atoms with van der Waals surface area (Å²) in [7, 11) is 0. The van der Waals surface area contributed by atoms with Crippen LogP contribution in [0, 0.1) is 10.1 Å². The third kappa shape index (κ3) is 2.75. The van der Waals surface area contributed by atoms with Crippen LogP contribution in [0.1, 0.15) is 30.9 Å². The second-order valence-corrected chi connectivity index (χ2v) is 5.64. The van der Waals surface area contributed by atoms with Crippen LogP contribution in [0.4, 0.5) is 0 Å². The molecule has 4 heteroatoms. The second-order valence-electron chi connectivity index (χ2n) is 5.64. The van der Waals surface area contributed by atoms with Gasteiger partial charge in [-0.3, -0.25) is 10.1 Å². The Labute approximate surface area is 135 Å². The molecule has 0 aliphatic carbocycles. The van der Waals surface area contributed by atoms with E-state index in [1.54, 1.807) is 6.92 Å². The van der Waals surface area contributed by atoms with Crippen LogP contribution in [0.15, 0.2) is 77.8 Å². The molecule has 0 fully saturated rings. The molecule has 0 aromatic heterocycles. The highest BCUT2D eigenvalue weighted by Crippen LogP contribution is 2.43. The smallest absolute Gasteiger partial charge is 0.276 e. The zero-order valence-electron chi connectivity index (χ0n) is 13.1. The van der Waals surface area contributed by atoms with Gasteiger partial charge in [0.1, 0.15) is 5.92 Å². The Morgan fingerprint density at radius 1 is 0.913 bits per heavy atom. The Bertz CT molecular complexity index is 793. The standard InChI is InChI=1S/C19H18N2O2/c1-13-17(15-9-5-3-6-10-15)18(16-11-7-4-8-12-16)19(21(22)23)14(2)20-13/h3-12,18,20H,1-2H3. The van der Waals surface area contributed by atoms with Crippen LogP contribution in [-0.4, -0.2) is 4.92 Å². The number of hydrogen-bond acceptors (Lipinski definition) is 3. The summed E-state index contributed by atoms with van der Waals surface area (Å²) in [6.07, 6.45) is 0. The molecular weight excluding hydrogens is 288 g/mol. The largest absolute Gasteiger partial charge is 0.357 e. The van der Waals surface area contributed by atoms with Gasteiger partial charge in [0.05, 0.1) is 10.6 Å². The van der Waals surface area contributed by atoms with Gasteiger partial charge in [-0.15, -0.1) is 0 Å². The van der Waals surface area contributed by atoms with Gasteiger partial charge in [0, 0.05) is 5.70 Å². The lowest BCUT2D eigenvalue weighted by Crippen LogP contribution is -2.27. The fraction of sp³-hybridized carbons (Fsp3) is 0.158. The molecular formula is C19H18N2O2. The van der Waals surface area contributed by atoms with Crippen molar-refractivity contribution in [2.45, 2.75) is 19.8 Å². The average Bonchev–Trinajstić information content (AvgIpc) is 2.55. The summed E-state index contributed by atoms with van der Waals surface area (Å²) in [6, 6.07) is 19.5. The maximum atomic E-state index is 11.7. The molecule has 2 aromatic rings. The van der Waals surface area contributed by atoms with E-state index < -0.39 is 0 Å². The lowest BCUT2D eigenvalue weighted by molar-refractivity contribution is -0.430. The zero-order valence-corrected chi connectivity index (χ0v) is 13.1. The molecule has 0 saturated carbocycles. The fourth-order valence-corrected chi connectivity index (χ4v) is 3.20. The number of nitrogens with one attached hydrogen (secondary N) is 1. The van der Waals surface area contributed by atoms with Crippen molar-refractivity contribution in [3.05, 3.63) is 99.0 Å². The van der Waals surface area contributed by atoms with Gasteiger partial charge < -0.3 is 5.32 Å². The molecule has 1 unspecified atom stereocenters. The molecule has 23 heavy (non-hydrogen) atoms. The van der Waals surface area contributed by atoms with Crippen LogP contribution < -0.4 is 5.32 Å². The molecule has 2 aromatic carbocycles. The predicted molar refractivity (Wildman–Crippen MR) is 91.0 cm³/mol. The summed E-state index contributed by atoms with van der Waals surface area (Å²) >= 11 is 0. The minimum atomic E-state index is -0.380. The van der Waals surface area contributed by atoms with E-state index in [1.165, 1.54) is 0 Å². The minimum Gasteiger partial charge on any atom is -0.357 e. The Balaban J connectivity index is 2.24. The summed E-state index contributed by atoms with van der Waals surface area (Å²) in [6.45, 7) is 3.73. The first-order valence-corrected chi connectivity index (χ1v) is 7.53. The first-order valence-electron chi connectivity index (χ1n) is 7.53. The molecule has 4 nitrogen and oxygen atoms in total. The summed E-state index contributed by atoms with van der Waals surface area (Å²) in [4.78, 5) is 11.4. The molecule has 0 spiro atoms. The van der Waals surface area contributed by atoms with Crippen LogP contribution in [0.25, 0.3) is 5.57 Å². The highest BCUT2D eigenvalue weighted by atomic mass is 16.6. The normalized spacial score (nSPS) is 17.9.